The number of fused-ring (bicyclic) bond motifs is 1. The molecule has 5 aromatic rings. The van der Waals surface area contributed by atoms with Crippen LogP contribution in [0.15, 0.2) is 66.9 Å². The van der Waals surface area contributed by atoms with Crippen LogP contribution in [0.4, 0.5) is 0 Å². The molecule has 180 valence electrons. The van der Waals surface area contributed by atoms with Gasteiger partial charge in [-0.15, -0.1) is 21.5 Å². The summed E-state index contributed by atoms with van der Waals surface area (Å²) in [6.07, 6.45) is 2.33. The van der Waals surface area contributed by atoms with Gasteiger partial charge in [0.15, 0.2) is 11.6 Å². The molecule has 0 aliphatic rings. The second kappa shape index (κ2) is 10.0. The maximum absolute atomic E-state index is 13.5. The van der Waals surface area contributed by atoms with Crippen molar-refractivity contribution in [2.75, 3.05) is 0 Å². The fourth-order valence-electron chi connectivity index (χ4n) is 3.97. The molecule has 0 aliphatic heterocycles. The van der Waals surface area contributed by atoms with Crippen LogP contribution in [0.5, 0.6) is 0 Å². The Morgan fingerprint density at radius 1 is 1.03 bits per heavy atom. The third-order valence-electron chi connectivity index (χ3n) is 5.83. The number of amides is 1. The molecule has 5 rings (SSSR count). The normalized spacial score (nSPS) is 11.1. The Hall–Kier alpha value is -3.88. The van der Waals surface area contributed by atoms with Gasteiger partial charge in [-0.05, 0) is 43.7 Å². The Bertz CT molecular complexity index is 1610. The Kier molecular flexibility index (Phi) is 6.63. The minimum atomic E-state index is -0.270. The van der Waals surface area contributed by atoms with E-state index in [1.807, 2.05) is 48.7 Å². The number of pyridine rings is 1. The number of thiophene rings is 1. The summed E-state index contributed by atoms with van der Waals surface area (Å²) < 4.78 is 1.83. The number of hydrogen-bond donors (Lipinski definition) is 1. The average molecular weight is 516 g/mol. The van der Waals surface area contributed by atoms with Gasteiger partial charge in [-0.25, -0.2) is 0 Å². The number of aromatic nitrogens is 4. The van der Waals surface area contributed by atoms with E-state index < -0.39 is 0 Å². The SMILES string of the molecule is CCc1cc(C(=O)c2ccccc2Cl)c(-n2c(C)nnc2CNC(=O)c2cnc3ccccc3c2)s1. The summed E-state index contributed by atoms with van der Waals surface area (Å²) >= 11 is 7.83. The molecule has 0 saturated carbocycles. The molecule has 0 bridgehead atoms. The summed E-state index contributed by atoms with van der Waals surface area (Å²) in [6.45, 7) is 3.99. The molecule has 0 unspecified atom stereocenters. The summed E-state index contributed by atoms with van der Waals surface area (Å²) in [5, 5.41) is 13.4. The molecular formula is C27H22ClN5O2S. The Labute approximate surface area is 216 Å². The highest BCUT2D eigenvalue weighted by Gasteiger charge is 2.24. The largest absolute Gasteiger partial charge is 0.345 e. The van der Waals surface area contributed by atoms with Gasteiger partial charge in [0.1, 0.15) is 10.8 Å². The van der Waals surface area contributed by atoms with Gasteiger partial charge in [0.2, 0.25) is 0 Å². The first-order chi connectivity index (χ1) is 17.5. The zero-order chi connectivity index (χ0) is 25.2. The summed E-state index contributed by atoms with van der Waals surface area (Å²) in [5.41, 5.74) is 2.24. The summed E-state index contributed by atoms with van der Waals surface area (Å²) in [4.78, 5) is 31.8. The minimum Gasteiger partial charge on any atom is -0.345 e. The molecule has 9 heteroatoms. The third kappa shape index (κ3) is 4.53. The third-order valence-corrected chi connectivity index (χ3v) is 7.42. The molecule has 1 amide bonds. The van der Waals surface area contributed by atoms with Crippen molar-refractivity contribution < 1.29 is 9.59 Å². The number of carbonyl (C=O) groups excluding carboxylic acids is 2. The highest BCUT2D eigenvalue weighted by atomic mass is 35.5. The van der Waals surface area contributed by atoms with Crippen molar-refractivity contribution in [2.24, 2.45) is 0 Å². The van der Waals surface area contributed by atoms with Gasteiger partial charge in [-0.2, -0.15) is 0 Å². The molecule has 0 saturated heterocycles. The predicted molar refractivity (Wildman–Crippen MR) is 141 cm³/mol. The zero-order valence-electron chi connectivity index (χ0n) is 19.7. The quantitative estimate of drug-likeness (QED) is 0.286. The van der Waals surface area contributed by atoms with Crippen LogP contribution in [0.25, 0.3) is 15.9 Å². The number of nitrogens with one attached hydrogen (secondary N) is 1. The van der Waals surface area contributed by atoms with E-state index in [1.54, 1.807) is 36.5 Å². The molecule has 2 aromatic carbocycles. The van der Waals surface area contributed by atoms with Crippen molar-refractivity contribution in [3.8, 4) is 5.00 Å². The van der Waals surface area contributed by atoms with Gasteiger partial charge in [0.25, 0.3) is 5.91 Å². The van der Waals surface area contributed by atoms with Crippen molar-refractivity contribution in [2.45, 2.75) is 26.8 Å². The van der Waals surface area contributed by atoms with E-state index in [2.05, 4.69) is 20.5 Å². The molecule has 0 fully saturated rings. The van der Waals surface area contributed by atoms with Crippen LogP contribution >= 0.6 is 22.9 Å². The van der Waals surface area contributed by atoms with E-state index in [0.29, 0.717) is 38.4 Å². The minimum absolute atomic E-state index is 0.131. The fraction of sp³-hybridized carbons (Fsp3) is 0.148. The van der Waals surface area contributed by atoms with E-state index in [-0.39, 0.29) is 18.2 Å². The monoisotopic (exact) mass is 515 g/mol. The van der Waals surface area contributed by atoms with Gasteiger partial charge in [0.05, 0.1) is 28.2 Å². The number of halogens is 1. The summed E-state index contributed by atoms with van der Waals surface area (Å²) in [6, 6.07) is 18.3. The Morgan fingerprint density at radius 2 is 1.81 bits per heavy atom. The molecule has 36 heavy (non-hydrogen) atoms. The fourth-order valence-corrected chi connectivity index (χ4v) is 5.35. The molecule has 0 radical (unpaired) electrons. The summed E-state index contributed by atoms with van der Waals surface area (Å²) in [5.74, 6) is 0.696. The average Bonchev–Trinajstić information content (AvgIpc) is 3.49. The van der Waals surface area contributed by atoms with Crippen molar-refractivity contribution >= 4 is 45.5 Å². The topological polar surface area (TPSA) is 89.8 Å². The molecule has 3 heterocycles. The lowest BCUT2D eigenvalue weighted by Gasteiger charge is -2.11. The molecule has 0 spiro atoms. The standard InChI is InChI=1S/C27H22ClN5O2S/c1-3-19-13-21(25(34)20-9-5-6-10-22(20)28)27(36-19)33-16(2)31-32-24(33)15-30-26(35)18-12-17-8-4-7-11-23(17)29-14-18/h4-14H,3,15H2,1-2H3,(H,30,35). The molecule has 1 N–H and O–H groups in total. The zero-order valence-corrected chi connectivity index (χ0v) is 21.2. The molecule has 7 nitrogen and oxygen atoms in total. The van der Waals surface area contributed by atoms with Crippen LogP contribution in [0, 0.1) is 6.92 Å². The van der Waals surface area contributed by atoms with Crippen LogP contribution in [0.3, 0.4) is 0 Å². The molecular weight excluding hydrogens is 494 g/mol. The smallest absolute Gasteiger partial charge is 0.253 e. The van der Waals surface area contributed by atoms with E-state index >= 15 is 0 Å². The van der Waals surface area contributed by atoms with Gasteiger partial charge < -0.3 is 5.32 Å². The number of hydrogen-bond acceptors (Lipinski definition) is 6. The van der Waals surface area contributed by atoms with E-state index in [1.165, 1.54) is 11.3 Å². The second-order valence-electron chi connectivity index (χ2n) is 8.19. The van der Waals surface area contributed by atoms with E-state index in [9.17, 15) is 9.59 Å². The van der Waals surface area contributed by atoms with Crippen LogP contribution in [0.2, 0.25) is 5.02 Å². The number of carbonyl (C=O) groups is 2. The predicted octanol–water partition coefficient (Wildman–Crippen LogP) is 5.56. The lowest BCUT2D eigenvalue weighted by molar-refractivity contribution is 0.0948. The number of benzene rings is 2. The number of para-hydroxylation sites is 1. The van der Waals surface area contributed by atoms with Crippen molar-refractivity contribution in [1.82, 2.24) is 25.1 Å². The first kappa shape index (κ1) is 23.8. The number of aryl methyl sites for hydroxylation is 2. The van der Waals surface area contributed by atoms with Crippen LogP contribution in [-0.4, -0.2) is 31.4 Å². The maximum atomic E-state index is 13.5. The second-order valence-corrected chi connectivity index (χ2v) is 9.71. The van der Waals surface area contributed by atoms with Gasteiger partial charge in [0, 0.05) is 22.0 Å². The van der Waals surface area contributed by atoms with Crippen LogP contribution < -0.4 is 5.32 Å². The van der Waals surface area contributed by atoms with Crippen molar-refractivity contribution in [3.05, 3.63) is 105 Å². The van der Waals surface area contributed by atoms with E-state index in [0.717, 1.165) is 22.2 Å². The van der Waals surface area contributed by atoms with Crippen LogP contribution in [0.1, 0.15) is 49.7 Å². The van der Waals surface area contributed by atoms with Gasteiger partial charge in [-0.3, -0.25) is 19.1 Å². The lowest BCUT2D eigenvalue weighted by Crippen LogP contribution is -2.25. The van der Waals surface area contributed by atoms with Crippen molar-refractivity contribution in [1.29, 1.82) is 0 Å². The molecule has 0 aliphatic carbocycles. The highest BCUT2D eigenvalue weighted by Crippen LogP contribution is 2.32. The van der Waals surface area contributed by atoms with Gasteiger partial charge >= 0.3 is 0 Å². The molecule has 0 atom stereocenters. The van der Waals surface area contributed by atoms with Crippen molar-refractivity contribution in [3.63, 3.8) is 0 Å². The number of rotatable bonds is 7. The first-order valence-corrected chi connectivity index (χ1v) is 12.6. The first-order valence-electron chi connectivity index (χ1n) is 11.4. The van der Waals surface area contributed by atoms with Gasteiger partial charge in [-0.1, -0.05) is 48.9 Å². The number of ketones is 1. The Morgan fingerprint density at radius 3 is 2.61 bits per heavy atom. The Balaban J connectivity index is 1.45. The lowest BCUT2D eigenvalue weighted by atomic mass is 10.0. The summed E-state index contributed by atoms with van der Waals surface area (Å²) in [7, 11) is 0. The maximum Gasteiger partial charge on any atom is 0.253 e. The number of nitrogens with zero attached hydrogens (tertiary/aromatic N) is 4. The van der Waals surface area contributed by atoms with E-state index in [4.69, 9.17) is 11.6 Å². The highest BCUT2D eigenvalue weighted by molar-refractivity contribution is 7.15. The van der Waals surface area contributed by atoms with Crippen LogP contribution in [-0.2, 0) is 13.0 Å². The molecule has 3 aromatic heterocycles.